The molecule has 1 saturated carbocycles. The molecule has 0 radical (unpaired) electrons. The number of hydrogen-bond donors (Lipinski definition) is 1. The maximum Gasteiger partial charge on any atom is 0.282 e. The molecule has 1 aromatic carbocycles. The van der Waals surface area contributed by atoms with Crippen LogP contribution in [0.2, 0.25) is 0 Å². The number of carbonyl (C=O) groups excluding carboxylic acids is 1. The SMILES string of the molecule is CC1(C)CCC(NC(=O)c2cc(F)ccc2[N+](=O)[O-])CC1. The van der Waals surface area contributed by atoms with Crippen molar-refractivity contribution < 1.29 is 14.1 Å². The van der Waals surface area contributed by atoms with Crippen molar-refractivity contribution >= 4 is 11.6 Å². The summed E-state index contributed by atoms with van der Waals surface area (Å²) in [7, 11) is 0. The van der Waals surface area contributed by atoms with Gasteiger partial charge in [0, 0.05) is 12.1 Å². The van der Waals surface area contributed by atoms with Gasteiger partial charge in [-0.05, 0) is 43.2 Å². The number of nitrogens with one attached hydrogen (secondary N) is 1. The molecule has 1 aliphatic rings. The number of halogens is 1. The first-order valence-corrected chi connectivity index (χ1v) is 7.03. The van der Waals surface area contributed by atoms with Crippen molar-refractivity contribution in [1.29, 1.82) is 0 Å². The fourth-order valence-electron chi connectivity index (χ4n) is 2.66. The fourth-order valence-corrected chi connectivity index (χ4v) is 2.66. The Kier molecular flexibility index (Phi) is 4.25. The van der Waals surface area contributed by atoms with E-state index in [1.807, 2.05) is 0 Å². The molecular formula is C15H19FN2O3. The van der Waals surface area contributed by atoms with Gasteiger partial charge in [-0.3, -0.25) is 14.9 Å². The van der Waals surface area contributed by atoms with E-state index in [2.05, 4.69) is 19.2 Å². The molecular weight excluding hydrogens is 275 g/mol. The van der Waals surface area contributed by atoms with E-state index in [4.69, 9.17) is 0 Å². The third kappa shape index (κ3) is 3.77. The quantitative estimate of drug-likeness (QED) is 0.685. The van der Waals surface area contributed by atoms with Gasteiger partial charge >= 0.3 is 0 Å². The maximum atomic E-state index is 13.2. The number of nitro benzene ring substituents is 1. The van der Waals surface area contributed by atoms with Crippen molar-refractivity contribution in [2.75, 3.05) is 0 Å². The highest BCUT2D eigenvalue weighted by Gasteiger charge is 2.29. The van der Waals surface area contributed by atoms with E-state index in [0.717, 1.165) is 43.9 Å². The molecule has 2 rings (SSSR count). The van der Waals surface area contributed by atoms with Gasteiger partial charge in [0.15, 0.2) is 0 Å². The Morgan fingerprint density at radius 1 is 1.38 bits per heavy atom. The van der Waals surface area contributed by atoms with Crippen LogP contribution in [0.15, 0.2) is 18.2 Å². The molecule has 0 saturated heterocycles. The summed E-state index contributed by atoms with van der Waals surface area (Å²) in [6.07, 6.45) is 3.65. The van der Waals surface area contributed by atoms with Gasteiger partial charge in [-0.15, -0.1) is 0 Å². The Labute approximate surface area is 122 Å². The van der Waals surface area contributed by atoms with Crippen molar-refractivity contribution in [1.82, 2.24) is 5.32 Å². The Bertz CT molecular complexity index is 562. The van der Waals surface area contributed by atoms with Crippen LogP contribution in [0.3, 0.4) is 0 Å². The lowest BCUT2D eigenvalue weighted by atomic mass is 9.75. The molecule has 0 heterocycles. The Balaban J connectivity index is 2.11. The van der Waals surface area contributed by atoms with Gasteiger partial charge in [0.25, 0.3) is 11.6 Å². The molecule has 0 bridgehead atoms. The zero-order valence-corrected chi connectivity index (χ0v) is 12.2. The molecule has 1 aromatic rings. The molecule has 6 heteroatoms. The van der Waals surface area contributed by atoms with Crippen LogP contribution < -0.4 is 5.32 Å². The third-order valence-corrected chi connectivity index (χ3v) is 4.07. The molecule has 0 aliphatic heterocycles. The molecule has 1 aliphatic carbocycles. The van der Waals surface area contributed by atoms with Crippen LogP contribution >= 0.6 is 0 Å². The summed E-state index contributed by atoms with van der Waals surface area (Å²) in [5.41, 5.74) is -0.318. The van der Waals surface area contributed by atoms with Gasteiger partial charge < -0.3 is 5.32 Å². The summed E-state index contributed by atoms with van der Waals surface area (Å²) in [5.74, 6) is -1.23. The Morgan fingerprint density at radius 3 is 2.57 bits per heavy atom. The Morgan fingerprint density at radius 2 is 2.00 bits per heavy atom. The van der Waals surface area contributed by atoms with Crippen LogP contribution in [-0.4, -0.2) is 16.9 Å². The molecule has 1 N–H and O–H groups in total. The van der Waals surface area contributed by atoms with Gasteiger partial charge in [0.1, 0.15) is 11.4 Å². The van der Waals surface area contributed by atoms with Crippen molar-refractivity contribution in [3.8, 4) is 0 Å². The normalized spacial score (nSPS) is 18.2. The first-order chi connectivity index (χ1) is 9.78. The summed E-state index contributed by atoms with van der Waals surface area (Å²) in [5, 5.41) is 13.7. The zero-order chi connectivity index (χ0) is 15.6. The lowest BCUT2D eigenvalue weighted by Crippen LogP contribution is -2.39. The van der Waals surface area contributed by atoms with E-state index >= 15 is 0 Å². The molecule has 0 unspecified atom stereocenters. The molecule has 114 valence electrons. The summed E-state index contributed by atoms with van der Waals surface area (Å²) in [4.78, 5) is 22.4. The topological polar surface area (TPSA) is 72.2 Å². The van der Waals surface area contributed by atoms with Crippen molar-refractivity contribution in [3.63, 3.8) is 0 Å². The smallest absolute Gasteiger partial charge is 0.282 e. The predicted molar refractivity (Wildman–Crippen MR) is 76.6 cm³/mol. The lowest BCUT2D eigenvalue weighted by Gasteiger charge is -2.34. The minimum absolute atomic E-state index is 0.00611. The molecule has 0 atom stereocenters. The number of carbonyl (C=O) groups is 1. The molecule has 1 amide bonds. The van der Waals surface area contributed by atoms with Crippen LogP contribution in [0.1, 0.15) is 49.9 Å². The zero-order valence-electron chi connectivity index (χ0n) is 12.2. The highest BCUT2D eigenvalue weighted by atomic mass is 19.1. The standard InChI is InChI=1S/C15H19FN2O3/c1-15(2)7-5-11(6-8-15)17-14(19)12-9-10(16)3-4-13(12)18(20)21/h3-4,9,11H,5-8H2,1-2H3,(H,17,19). The number of nitrogens with zero attached hydrogens (tertiary/aromatic N) is 1. The van der Waals surface area contributed by atoms with Gasteiger partial charge in [0.2, 0.25) is 0 Å². The van der Waals surface area contributed by atoms with Crippen molar-refractivity contribution in [2.45, 2.75) is 45.6 Å². The summed E-state index contributed by atoms with van der Waals surface area (Å²) < 4.78 is 13.2. The summed E-state index contributed by atoms with van der Waals surface area (Å²) in [6.45, 7) is 4.37. The number of nitro groups is 1. The number of benzene rings is 1. The summed E-state index contributed by atoms with van der Waals surface area (Å²) >= 11 is 0. The van der Waals surface area contributed by atoms with Crippen molar-refractivity contribution in [2.24, 2.45) is 5.41 Å². The van der Waals surface area contributed by atoms with Crippen LogP contribution in [0.4, 0.5) is 10.1 Å². The summed E-state index contributed by atoms with van der Waals surface area (Å²) in [6, 6.07) is 2.92. The van der Waals surface area contributed by atoms with E-state index in [1.165, 1.54) is 0 Å². The van der Waals surface area contributed by atoms with Gasteiger partial charge in [-0.1, -0.05) is 13.8 Å². The monoisotopic (exact) mass is 294 g/mol. The van der Waals surface area contributed by atoms with Gasteiger partial charge in [-0.25, -0.2) is 4.39 Å². The second-order valence-corrected chi connectivity index (χ2v) is 6.33. The van der Waals surface area contributed by atoms with Crippen LogP contribution in [0.25, 0.3) is 0 Å². The fraction of sp³-hybridized carbons (Fsp3) is 0.533. The number of rotatable bonds is 3. The molecule has 1 fully saturated rings. The highest BCUT2D eigenvalue weighted by molar-refractivity contribution is 5.98. The predicted octanol–water partition coefficient (Wildman–Crippen LogP) is 3.43. The first-order valence-electron chi connectivity index (χ1n) is 7.03. The van der Waals surface area contributed by atoms with Crippen LogP contribution in [0.5, 0.6) is 0 Å². The number of amides is 1. The lowest BCUT2D eigenvalue weighted by molar-refractivity contribution is -0.385. The van der Waals surface area contributed by atoms with E-state index in [9.17, 15) is 19.3 Å². The second-order valence-electron chi connectivity index (χ2n) is 6.33. The minimum atomic E-state index is -0.668. The maximum absolute atomic E-state index is 13.2. The molecule has 0 spiro atoms. The van der Waals surface area contributed by atoms with Crippen LogP contribution in [-0.2, 0) is 0 Å². The number of hydrogen-bond acceptors (Lipinski definition) is 3. The molecule has 5 nitrogen and oxygen atoms in total. The van der Waals surface area contributed by atoms with Crippen LogP contribution in [0, 0.1) is 21.3 Å². The Hall–Kier alpha value is -1.98. The highest BCUT2D eigenvalue weighted by Crippen LogP contribution is 2.35. The third-order valence-electron chi connectivity index (χ3n) is 4.07. The van der Waals surface area contributed by atoms with Crippen molar-refractivity contribution in [3.05, 3.63) is 39.7 Å². The van der Waals surface area contributed by atoms with E-state index in [0.29, 0.717) is 0 Å². The van der Waals surface area contributed by atoms with E-state index in [1.54, 1.807) is 0 Å². The second kappa shape index (κ2) is 5.79. The van der Waals surface area contributed by atoms with Gasteiger partial charge in [0.05, 0.1) is 4.92 Å². The minimum Gasteiger partial charge on any atom is -0.349 e. The largest absolute Gasteiger partial charge is 0.349 e. The van der Waals surface area contributed by atoms with E-state index < -0.39 is 16.6 Å². The average molecular weight is 294 g/mol. The molecule has 21 heavy (non-hydrogen) atoms. The van der Waals surface area contributed by atoms with Gasteiger partial charge in [-0.2, -0.15) is 0 Å². The molecule has 0 aromatic heterocycles. The first kappa shape index (κ1) is 15.4. The average Bonchev–Trinajstić information content (AvgIpc) is 2.40. The van der Waals surface area contributed by atoms with E-state index in [-0.39, 0.29) is 22.7 Å².